The van der Waals surface area contributed by atoms with Gasteiger partial charge in [0.15, 0.2) is 0 Å². The third-order valence-corrected chi connectivity index (χ3v) is 4.71. The Bertz CT molecular complexity index is 1210. The molecule has 0 spiro atoms. The lowest BCUT2D eigenvalue weighted by Gasteiger charge is -2.11. The van der Waals surface area contributed by atoms with Crippen molar-refractivity contribution in [2.24, 2.45) is 0 Å². The van der Waals surface area contributed by atoms with Crippen LogP contribution in [0.2, 0.25) is 0 Å². The van der Waals surface area contributed by atoms with Crippen LogP contribution in [0.25, 0.3) is 11.0 Å². The molecule has 1 aromatic heterocycles. The summed E-state index contributed by atoms with van der Waals surface area (Å²) in [6.45, 7) is 2.34. The van der Waals surface area contributed by atoms with Crippen LogP contribution in [0.15, 0.2) is 83.3 Å². The Morgan fingerprint density at radius 3 is 2.39 bits per heavy atom. The van der Waals surface area contributed by atoms with Gasteiger partial charge in [0.2, 0.25) is 11.7 Å². The van der Waals surface area contributed by atoms with E-state index in [1.165, 1.54) is 0 Å². The Morgan fingerprint density at radius 2 is 1.58 bits per heavy atom. The second kappa shape index (κ2) is 9.17. The van der Waals surface area contributed by atoms with E-state index in [9.17, 15) is 9.59 Å². The average Bonchev–Trinajstić information content (AvgIpc) is 3.14. The molecule has 0 fully saturated rings. The first-order valence-electron chi connectivity index (χ1n) is 10.0. The summed E-state index contributed by atoms with van der Waals surface area (Å²) in [5, 5.41) is 6.35. The molecule has 0 atom stereocenters. The number of hydrogen-bond donors (Lipinski definition) is 2. The predicted molar refractivity (Wildman–Crippen MR) is 121 cm³/mol. The van der Waals surface area contributed by atoms with Gasteiger partial charge in [0.25, 0.3) is 5.91 Å². The molecule has 0 saturated heterocycles. The highest BCUT2D eigenvalue weighted by Crippen LogP contribution is 2.32. The molecule has 0 bridgehead atoms. The van der Waals surface area contributed by atoms with Gasteiger partial charge in [-0.15, -0.1) is 0 Å². The quantitative estimate of drug-likeness (QED) is 0.432. The van der Waals surface area contributed by atoms with Gasteiger partial charge in [-0.1, -0.05) is 54.6 Å². The maximum absolute atomic E-state index is 13.1. The molecule has 0 aliphatic heterocycles. The second-order valence-corrected chi connectivity index (χ2v) is 6.90. The zero-order valence-electron chi connectivity index (χ0n) is 17.1. The number of amides is 2. The minimum atomic E-state index is -0.474. The summed E-state index contributed by atoms with van der Waals surface area (Å²) in [7, 11) is 0. The summed E-state index contributed by atoms with van der Waals surface area (Å²) >= 11 is 0. The van der Waals surface area contributed by atoms with E-state index in [4.69, 9.17) is 9.15 Å². The number of para-hydroxylation sites is 3. The van der Waals surface area contributed by atoms with Gasteiger partial charge < -0.3 is 19.8 Å². The van der Waals surface area contributed by atoms with Gasteiger partial charge >= 0.3 is 0 Å². The fraction of sp³-hybridized carbons (Fsp3) is 0.120. The van der Waals surface area contributed by atoms with E-state index in [1.807, 2.05) is 61.5 Å². The predicted octanol–water partition coefficient (Wildman–Crippen LogP) is 5.27. The molecule has 0 radical (unpaired) electrons. The molecular weight excluding hydrogens is 392 g/mol. The number of carbonyl (C=O) groups excluding carboxylic acids is 2. The highest BCUT2D eigenvalue weighted by Gasteiger charge is 2.23. The van der Waals surface area contributed by atoms with Gasteiger partial charge in [-0.25, -0.2) is 0 Å². The number of furan rings is 1. The standard InChI is InChI=1S/C25H22N2O4/c1-2-30-21-15-9-7-13-19(21)26-25(29)24-23(18-12-6-8-14-20(18)31-24)27-22(28)16-17-10-4-3-5-11-17/h3-15H,2,16H2,1H3,(H,26,29)(H,27,28). The number of benzene rings is 3. The zero-order chi connectivity index (χ0) is 21.6. The summed E-state index contributed by atoms with van der Waals surface area (Å²) in [5.41, 5.74) is 2.27. The van der Waals surface area contributed by atoms with E-state index in [0.717, 1.165) is 5.56 Å². The molecule has 31 heavy (non-hydrogen) atoms. The SMILES string of the molecule is CCOc1ccccc1NC(=O)c1oc2ccccc2c1NC(=O)Cc1ccccc1. The Labute approximate surface area is 179 Å². The van der Waals surface area contributed by atoms with Crippen LogP contribution in [0.5, 0.6) is 5.75 Å². The molecule has 156 valence electrons. The summed E-state index contributed by atoms with van der Waals surface area (Å²) in [6.07, 6.45) is 0.189. The Hall–Kier alpha value is -4.06. The van der Waals surface area contributed by atoms with Crippen molar-refractivity contribution in [2.45, 2.75) is 13.3 Å². The highest BCUT2D eigenvalue weighted by atomic mass is 16.5. The van der Waals surface area contributed by atoms with Crippen molar-refractivity contribution in [2.75, 3.05) is 17.2 Å². The molecule has 2 N–H and O–H groups in total. The van der Waals surface area contributed by atoms with E-state index < -0.39 is 5.91 Å². The molecule has 6 nitrogen and oxygen atoms in total. The van der Waals surface area contributed by atoms with E-state index in [0.29, 0.717) is 34.7 Å². The minimum absolute atomic E-state index is 0.0360. The molecule has 1 heterocycles. The van der Waals surface area contributed by atoms with Crippen molar-refractivity contribution >= 4 is 34.2 Å². The fourth-order valence-electron chi connectivity index (χ4n) is 3.32. The lowest BCUT2D eigenvalue weighted by Crippen LogP contribution is -2.18. The van der Waals surface area contributed by atoms with Crippen LogP contribution in [0.1, 0.15) is 23.0 Å². The summed E-state index contributed by atoms with van der Waals surface area (Å²) in [5.74, 6) is -0.113. The lowest BCUT2D eigenvalue weighted by molar-refractivity contribution is -0.115. The number of nitrogens with one attached hydrogen (secondary N) is 2. The van der Waals surface area contributed by atoms with Crippen molar-refractivity contribution < 1.29 is 18.7 Å². The van der Waals surface area contributed by atoms with Gasteiger partial charge in [-0.05, 0) is 36.8 Å². The summed E-state index contributed by atoms with van der Waals surface area (Å²) < 4.78 is 11.4. The summed E-state index contributed by atoms with van der Waals surface area (Å²) in [6, 6.07) is 23.8. The molecule has 4 rings (SSSR count). The Morgan fingerprint density at radius 1 is 0.871 bits per heavy atom. The van der Waals surface area contributed by atoms with Crippen molar-refractivity contribution in [1.29, 1.82) is 0 Å². The number of ether oxygens (including phenoxy) is 1. The van der Waals surface area contributed by atoms with Gasteiger partial charge in [-0.2, -0.15) is 0 Å². The van der Waals surface area contributed by atoms with Crippen molar-refractivity contribution in [1.82, 2.24) is 0 Å². The molecule has 3 aromatic carbocycles. The molecule has 6 heteroatoms. The highest BCUT2D eigenvalue weighted by molar-refractivity contribution is 6.15. The molecule has 2 amide bonds. The average molecular weight is 414 g/mol. The smallest absolute Gasteiger partial charge is 0.293 e. The van der Waals surface area contributed by atoms with Crippen LogP contribution in [0.3, 0.4) is 0 Å². The van der Waals surface area contributed by atoms with E-state index in [2.05, 4.69) is 10.6 Å². The number of rotatable bonds is 7. The van der Waals surface area contributed by atoms with E-state index in [1.54, 1.807) is 24.3 Å². The maximum Gasteiger partial charge on any atom is 0.293 e. The lowest BCUT2D eigenvalue weighted by atomic mass is 10.1. The summed E-state index contributed by atoms with van der Waals surface area (Å²) in [4.78, 5) is 25.8. The fourth-order valence-corrected chi connectivity index (χ4v) is 3.32. The Kier molecular flexibility index (Phi) is 5.98. The molecule has 4 aromatic rings. The van der Waals surface area contributed by atoms with Gasteiger partial charge in [0, 0.05) is 5.39 Å². The van der Waals surface area contributed by atoms with Crippen LogP contribution in [0, 0.1) is 0 Å². The van der Waals surface area contributed by atoms with Crippen molar-refractivity contribution in [3.8, 4) is 5.75 Å². The van der Waals surface area contributed by atoms with Crippen LogP contribution in [-0.2, 0) is 11.2 Å². The molecule has 0 aliphatic rings. The van der Waals surface area contributed by atoms with Crippen molar-refractivity contribution in [3.05, 3.63) is 90.2 Å². The first-order valence-corrected chi connectivity index (χ1v) is 10.0. The number of carbonyl (C=O) groups is 2. The van der Waals surface area contributed by atoms with E-state index >= 15 is 0 Å². The maximum atomic E-state index is 13.1. The Balaban J connectivity index is 1.63. The number of hydrogen-bond acceptors (Lipinski definition) is 4. The van der Waals surface area contributed by atoms with Crippen LogP contribution < -0.4 is 15.4 Å². The first kappa shape index (κ1) is 20.2. The normalized spacial score (nSPS) is 10.6. The zero-order valence-corrected chi connectivity index (χ0v) is 17.1. The number of fused-ring (bicyclic) bond motifs is 1. The molecule has 0 unspecified atom stereocenters. The molecule has 0 saturated carbocycles. The topological polar surface area (TPSA) is 80.6 Å². The van der Waals surface area contributed by atoms with Gasteiger partial charge in [-0.3, -0.25) is 9.59 Å². The van der Waals surface area contributed by atoms with E-state index in [-0.39, 0.29) is 18.1 Å². The second-order valence-electron chi connectivity index (χ2n) is 6.90. The molecule has 0 aliphatic carbocycles. The van der Waals surface area contributed by atoms with Crippen LogP contribution in [0.4, 0.5) is 11.4 Å². The third-order valence-electron chi connectivity index (χ3n) is 4.71. The van der Waals surface area contributed by atoms with Gasteiger partial charge in [0.05, 0.1) is 18.7 Å². The first-order chi connectivity index (χ1) is 15.2. The van der Waals surface area contributed by atoms with Crippen LogP contribution >= 0.6 is 0 Å². The van der Waals surface area contributed by atoms with Crippen LogP contribution in [-0.4, -0.2) is 18.4 Å². The minimum Gasteiger partial charge on any atom is -0.492 e. The van der Waals surface area contributed by atoms with Crippen molar-refractivity contribution in [3.63, 3.8) is 0 Å². The molecular formula is C25H22N2O4. The largest absolute Gasteiger partial charge is 0.492 e. The van der Waals surface area contributed by atoms with Gasteiger partial charge in [0.1, 0.15) is 17.0 Å². The monoisotopic (exact) mass is 414 g/mol. The third kappa shape index (κ3) is 4.59. The number of anilines is 2.